The van der Waals surface area contributed by atoms with Crippen LogP contribution < -0.4 is 0 Å². The molecule has 1 rings (SSSR count). The Morgan fingerprint density at radius 1 is 1.26 bits per heavy atom. The highest BCUT2D eigenvalue weighted by Gasteiger charge is 2.19. The Balaban J connectivity index is 3.10. The lowest BCUT2D eigenvalue weighted by molar-refractivity contribution is 0.103. The van der Waals surface area contributed by atoms with Crippen LogP contribution in [0.4, 0.5) is 0 Å². The lowest BCUT2D eigenvalue weighted by atomic mass is 9.85. The first-order chi connectivity index (χ1) is 8.74. The predicted octanol–water partition coefficient (Wildman–Crippen LogP) is 4.80. The molecule has 0 fully saturated rings. The maximum atomic E-state index is 12.3. The standard InChI is InChI=1S/C16H18ClNO/c1-11(9-16(2,3)4)14(10-18)15(19)12-5-7-13(17)8-6-12/h5-8H,9H2,1-4H3/b14-11+. The molecule has 0 aliphatic heterocycles. The molecule has 0 aromatic heterocycles. The van der Waals surface area contributed by atoms with Crippen LogP contribution in [0.15, 0.2) is 35.4 Å². The summed E-state index contributed by atoms with van der Waals surface area (Å²) in [6.45, 7) is 8.09. The van der Waals surface area contributed by atoms with Gasteiger partial charge in [0.2, 0.25) is 5.78 Å². The molecule has 0 aliphatic rings. The highest BCUT2D eigenvalue weighted by molar-refractivity contribution is 6.30. The van der Waals surface area contributed by atoms with Gasteiger partial charge in [0.1, 0.15) is 6.07 Å². The molecule has 0 saturated carbocycles. The van der Waals surface area contributed by atoms with E-state index in [-0.39, 0.29) is 16.8 Å². The smallest absolute Gasteiger partial charge is 0.203 e. The molecule has 2 nitrogen and oxygen atoms in total. The summed E-state index contributed by atoms with van der Waals surface area (Å²) >= 11 is 5.79. The summed E-state index contributed by atoms with van der Waals surface area (Å²) < 4.78 is 0. The van der Waals surface area contributed by atoms with Crippen LogP contribution in [0.3, 0.4) is 0 Å². The Hall–Kier alpha value is -1.59. The van der Waals surface area contributed by atoms with Gasteiger partial charge < -0.3 is 0 Å². The lowest BCUT2D eigenvalue weighted by Crippen LogP contribution is -2.10. The van der Waals surface area contributed by atoms with Crippen molar-refractivity contribution in [3.8, 4) is 6.07 Å². The van der Waals surface area contributed by atoms with Gasteiger partial charge in [-0.25, -0.2) is 0 Å². The van der Waals surface area contributed by atoms with E-state index in [9.17, 15) is 10.1 Å². The first-order valence-electron chi connectivity index (χ1n) is 6.15. The minimum absolute atomic E-state index is 0.0481. The van der Waals surface area contributed by atoms with Crippen molar-refractivity contribution in [3.63, 3.8) is 0 Å². The summed E-state index contributed by atoms with van der Waals surface area (Å²) in [6, 6.07) is 8.64. The molecule has 0 amide bonds. The number of halogens is 1. The number of nitrogens with zero attached hydrogens (tertiary/aromatic N) is 1. The molecule has 0 saturated heterocycles. The van der Waals surface area contributed by atoms with Crippen LogP contribution >= 0.6 is 11.6 Å². The van der Waals surface area contributed by atoms with Crippen LogP contribution in [-0.4, -0.2) is 5.78 Å². The molecule has 100 valence electrons. The fraction of sp³-hybridized carbons (Fsp3) is 0.375. The zero-order valence-electron chi connectivity index (χ0n) is 11.7. The summed E-state index contributed by atoms with van der Waals surface area (Å²) in [5, 5.41) is 9.80. The van der Waals surface area contributed by atoms with E-state index in [1.807, 2.05) is 13.0 Å². The zero-order valence-corrected chi connectivity index (χ0v) is 12.5. The van der Waals surface area contributed by atoms with Crippen molar-refractivity contribution in [3.05, 3.63) is 46.0 Å². The second kappa shape index (κ2) is 6.04. The van der Waals surface area contributed by atoms with Crippen LogP contribution in [0, 0.1) is 16.7 Å². The van der Waals surface area contributed by atoms with E-state index in [0.717, 1.165) is 12.0 Å². The van der Waals surface area contributed by atoms with E-state index >= 15 is 0 Å². The topological polar surface area (TPSA) is 40.9 Å². The molecular formula is C16H18ClNO. The van der Waals surface area contributed by atoms with E-state index in [2.05, 4.69) is 20.8 Å². The summed E-state index contributed by atoms with van der Waals surface area (Å²) in [4.78, 5) is 12.3. The van der Waals surface area contributed by atoms with E-state index in [1.165, 1.54) is 0 Å². The highest BCUT2D eigenvalue weighted by atomic mass is 35.5. The maximum absolute atomic E-state index is 12.3. The Morgan fingerprint density at radius 2 is 1.79 bits per heavy atom. The fourth-order valence-electron chi connectivity index (χ4n) is 1.97. The van der Waals surface area contributed by atoms with Gasteiger partial charge in [-0.05, 0) is 43.0 Å². The van der Waals surface area contributed by atoms with Gasteiger partial charge in [-0.15, -0.1) is 0 Å². The summed E-state index contributed by atoms with van der Waals surface area (Å²) in [6.07, 6.45) is 0.717. The Labute approximate surface area is 119 Å². The lowest BCUT2D eigenvalue weighted by Gasteiger charge is -2.19. The summed E-state index contributed by atoms with van der Waals surface area (Å²) in [5.74, 6) is -0.235. The largest absolute Gasteiger partial charge is 0.288 e. The second-order valence-electron chi connectivity index (χ2n) is 5.84. The SMILES string of the molecule is C/C(CC(C)(C)C)=C(/C#N)C(=O)c1ccc(Cl)cc1. The summed E-state index contributed by atoms with van der Waals surface area (Å²) in [5.41, 5.74) is 1.60. The molecule has 0 N–H and O–H groups in total. The van der Waals surface area contributed by atoms with Crippen molar-refractivity contribution >= 4 is 17.4 Å². The van der Waals surface area contributed by atoms with E-state index in [4.69, 9.17) is 11.6 Å². The van der Waals surface area contributed by atoms with Gasteiger partial charge in [0.25, 0.3) is 0 Å². The van der Waals surface area contributed by atoms with Gasteiger partial charge >= 0.3 is 0 Å². The Bertz CT molecular complexity index is 542. The molecule has 0 heterocycles. The number of nitriles is 1. The molecule has 1 aromatic rings. The number of rotatable bonds is 3. The van der Waals surface area contributed by atoms with Gasteiger partial charge in [-0.1, -0.05) is 37.9 Å². The molecule has 0 atom stereocenters. The molecule has 0 bridgehead atoms. The quantitative estimate of drug-likeness (QED) is 0.452. The molecule has 3 heteroatoms. The third-order valence-corrected chi connectivity index (χ3v) is 2.92. The zero-order chi connectivity index (χ0) is 14.6. The van der Waals surface area contributed by atoms with Crippen molar-refractivity contribution in [2.45, 2.75) is 34.1 Å². The number of carbonyl (C=O) groups is 1. The molecule has 0 spiro atoms. The third kappa shape index (κ3) is 4.54. The minimum Gasteiger partial charge on any atom is -0.288 e. The van der Waals surface area contributed by atoms with Gasteiger partial charge in [0.15, 0.2) is 0 Å². The number of ketones is 1. The predicted molar refractivity (Wildman–Crippen MR) is 78.2 cm³/mol. The first kappa shape index (κ1) is 15.5. The van der Waals surface area contributed by atoms with E-state index < -0.39 is 0 Å². The maximum Gasteiger partial charge on any atom is 0.203 e. The van der Waals surface area contributed by atoms with Gasteiger partial charge in [-0.3, -0.25) is 4.79 Å². The van der Waals surface area contributed by atoms with Crippen molar-refractivity contribution in [1.29, 1.82) is 5.26 Å². The van der Waals surface area contributed by atoms with Crippen molar-refractivity contribution in [2.24, 2.45) is 5.41 Å². The first-order valence-corrected chi connectivity index (χ1v) is 6.52. The molecule has 1 aromatic carbocycles. The number of benzene rings is 1. The number of hydrogen-bond donors (Lipinski definition) is 0. The Kier molecular flexibility index (Phi) is 4.91. The number of carbonyl (C=O) groups excluding carboxylic acids is 1. The molecule has 0 aliphatic carbocycles. The highest BCUT2D eigenvalue weighted by Crippen LogP contribution is 2.26. The van der Waals surface area contributed by atoms with Crippen molar-refractivity contribution in [2.75, 3.05) is 0 Å². The number of Topliss-reactive ketones (excluding diaryl/α,β-unsaturated/α-hetero) is 1. The van der Waals surface area contributed by atoms with Crippen molar-refractivity contribution in [1.82, 2.24) is 0 Å². The van der Waals surface area contributed by atoms with Crippen molar-refractivity contribution < 1.29 is 4.79 Å². The van der Waals surface area contributed by atoms with E-state index in [1.54, 1.807) is 24.3 Å². The van der Waals surface area contributed by atoms with Gasteiger partial charge in [-0.2, -0.15) is 5.26 Å². The Morgan fingerprint density at radius 3 is 2.21 bits per heavy atom. The second-order valence-corrected chi connectivity index (χ2v) is 6.28. The van der Waals surface area contributed by atoms with Gasteiger partial charge in [0, 0.05) is 10.6 Å². The van der Waals surface area contributed by atoms with Crippen LogP contribution in [-0.2, 0) is 0 Å². The molecular weight excluding hydrogens is 258 g/mol. The molecule has 19 heavy (non-hydrogen) atoms. The third-order valence-electron chi connectivity index (χ3n) is 2.67. The monoisotopic (exact) mass is 275 g/mol. The normalized spacial score (nSPS) is 12.6. The van der Waals surface area contributed by atoms with Crippen LogP contribution in [0.25, 0.3) is 0 Å². The fourth-order valence-corrected chi connectivity index (χ4v) is 2.10. The van der Waals surface area contributed by atoms with Crippen LogP contribution in [0.1, 0.15) is 44.5 Å². The average molecular weight is 276 g/mol. The summed E-state index contributed by atoms with van der Waals surface area (Å²) in [7, 11) is 0. The molecule has 0 radical (unpaired) electrons. The van der Waals surface area contributed by atoms with Crippen LogP contribution in [0.5, 0.6) is 0 Å². The molecule has 0 unspecified atom stereocenters. The van der Waals surface area contributed by atoms with Gasteiger partial charge in [0.05, 0.1) is 5.57 Å². The van der Waals surface area contributed by atoms with Crippen LogP contribution in [0.2, 0.25) is 5.02 Å². The minimum atomic E-state index is -0.235. The number of hydrogen-bond acceptors (Lipinski definition) is 2. The van der Waals surface area contributed by atoms with E-state index in [0.29, 0.717) is 10.6 Å². The average Bonchev–Trinajstić information content (AvgIpc) is 2.28. The number of allylic oxidation sites excluding steroid dienone is 2.